The molecule has 10 heteroatoms. The monoisotopic (exact) mass is 380 g/mol. The Balaban J connectivity index is 2.26. The summed E-state index contributed by atoms with van der Waals surface area (Å²) in [4.78, 5) is 20.5. The molecule has 2 aromatic carbocycles. The van der Waals surface area contributed by atoms with Gasteiger partial charge in [0.25, 0.3) is 11.4 Å². The van der Waals surface area contributed by atoms with Gasteiger partial charge in [-0.05, 0) is 49.2 Å². The van der Waals surface area contributed by atoms with Crippen molar-refractivity contribution in [2.24, 2.45) is 0 Å². The Hall–Kier alpha value is -3.86. The van der Waals surface area contributed by atoms with Crippen molar-refractivity contribution in [2.75, 3.05) is 0 Å². The summed E-state index contributed by atoms with van der Waals surface area (Å²) in [7, 11) is 0. The van der Waals surface area contributed by atoms with Crippen LogP contribution in [0.5, 0.6) is 0 Å². The van der Waals surface area contributed by atoms with Crippen molar-refractivity contribution < 1.29 is 9.85 Å². The first-order valence-corrected chi connectivity index (χ1v) is 8.02. The minimum Gasteiger partial charge on any atom is -0.258 e. The number of nitro benzene ring substituents is 2. The van der Waals surface area contributed by atoms with E-state index in [0.717, 1.165) is 0 Å². The lowest BCUT2D eigenvalue weighted by Crippen LogP contribution is -2.55. The highest BCUT2D eigenvalue weighted by Crippen LogP contribution is 2.25. The van der Waals surface area contributed by atoms with Crippen LogP contribution in [-0.2, 0) is 11.1 Å². The highest BCUT2D eigenvalue weighted by molar-refractivity contribution is 5.40. The van der Waals surface area contributed by atoms with Crippen molar-refractivity contribution in [3.8, 4) is 12.1 Å². The van der Waals surface area contributed by atoms with Crippen LogP contribution in [0.4, 0.5) is 11.4 Å². The van der Waals surface area contributed by atoms with Crippen LogP contribution >= 0.6 is 0 Å². The molecular formula is C18H16N6O4. The molecule has 142 valence electrons. The molecule has 0 aliphatic rings. The zero-order valence-electron chi connectivity index (χ0n) is 15.0. The largest absolute Gasteiger partial charge is 0.269 e. The molecule has 2 rings (SSSR count). The van der Waals surface area contributed by atoms with Crippen LogP contribution in [0.2, 0.25) is 0 Å². The van der Waals surface area contributed by atoms with E-state index >= 15 is 0 Å². The fourth-order valence-corrected chi connectivity index (χ4v) is 2.41. The first-order chi connectivity index (χ1) is 13.1. The van der Waals surface area contributed by atoms with Crippen LogP contribution in [0.1, 0.15) is 25.0 Å². The van der Waals surface area contributed by atoms with Gasteiger partial charge in [-0.2, -0.15) is 10.5 Å². The summed E-state index contributed by atoms with van der Waals surface area (Å²) in [6, 6.07) is 15.1. The third-order valence-electron chi connectivity index (χ3n) is 4.32. The second-order valence-electron chi connectivity index (χ2n) is 6.33. The maximum absolute atomic E-state index is 10.8. The Morgan fingerprint density at radius 2 is 1.04 bits per heavy atom. The molecule has 0 heterocycles. The highest BCUT2D eigenvalue weighted by Gasteiger charge is 2.33. The van der Waals surface area contributed by atoms with E-state index in [1.807, 2.05) is 0 Å². The SMILES string of the molecule is C[C@](C#N)(NN[C@@](C)(C#N)c1ccc([N+](=O)[O-])cc1)c1ccc([N+](=O)[O-])cc1. The number of benzene rings is 2. The van der Waals surface area contributed by atoms with E-state index in [4.69, 9.17) is 0 Å². The van der Waals surface area contributed by atoms with Gasteiger partial charge in [0.1, 0.15) is 11.1 Å². The molecule has 0 aliphatic heterocycles. The van der Waals surface area contributed by atoms with Crippen molar-refractivity contribution in [3.63, 3.8) is 0 Å². The van der Waals surface area contributed by atoms with Crippen molar-refractivity contribution >= 4 is 11.4 Å². The number of nitrogens with zero attached hydrogens (tertiary/aromatic N) is 4. The molecule has 2 atom stereocenters. The first kappa shape index (κ1) is 20.5. The average molecular weight is 380 g/mol. The van der Waals surface area contributed by atoms with Crippen LogP contribution in [0, 0.1) is 42.9 Å². The van der Waals surface area contributed by atoms with Gasteiger partial charge in [-0.15, -0.1) is 0 Å². The fraction of sp³-hybridized carbons (Fsp3) is 0.222. The van der Waals surface area contributed by atoms with Crippen molar-refractivity contribution in [3.05, 3.63) is 79.9 Å². The number of hydrogen-bond donors (Lipinski definition) is 2. The molecule has 0 amide bonds. The lowest BCUT2D eigenvalue weighted by atomic mass is 9.92. The van der Waals surface area contributed by atoms with Gasteiger partial charge < -0.3 is 0 Å². The van der Waals surface area contributed by atoms with E-state index in [2.05, 4.69) is 23.0 Å². The van der Waals surface area contributed by atoms with Crippen molar-refractivity contribution in [2.45, 2.75) is 24.9 Å². The number of hydrogen-bond acceptors (Lipinski definition) is 8. The molecule has 0 unspecified atom stereocenters. The van der Waals surface area contributed by atoms with Gasteiger partial charge >= 0.3 is 0 Å². The number of rotatable bonds is 7. The minimum atomic E-state index is -1.30. The second-order valence-corrected chi connectivity index (χ2v) is 6.33. The van der Waals surface area contributed by atoms with Crippen LogP contribution in [0.25, 0.3) is 0 Å². The Bertz CT molecular complexity index is 896. The summed E-state index contributed by atoms with van der Waals surface area (Å²) in [5, 5.41) is 40.8. The molecule has 0 spiro atoms. The highest BCUT2D eigenvalue weighted by atomic mass is 16.6. The van der Waals surface area contributed by atoms with Gasteiger partial charge in [-0.3, -0.25) is 20.2 Å². The molecule has 0 fully saturated rings. The maximum Gasteiger partial charge on any atom is 0.269 e. The van der Waals surface area contributed by atoms with Crippen LogP contribution in [0.3, 0.4) is 0 Å². The summed E-state index contributed by atoms with van der Waals surface area (Å²) >= 11 is 0. The molecule has 2 aromatic rings. The Labute approximate surface area is 160 Å². The summed E-state index contributed by atoms with van der Waals surface area (Å²) in [6.45, 7) is 3.10. The summed E-state index contributed by atoms with van der Waals surface area (Å²) < 4.78 is 0. The predicted molar refractivity (Wildman–Crippen MR) is 98.4 cm³/mol. The van der Waals surface area contributed by atoms with E-state index in [9.17, 15) is 30.8 Å². The van der Waals surface area contributed by atoms with E-state index in [1.165, 1.54) is 48.5 Å². The lowest BCUT2D eigenvalue weighted by Gasteiger charge is -2.31. The van der Waals surface area contributed by atoms with Gasteiger partial charge in [0.15, 0.2) is 0 Å². The number of nitriles is 2. The lowest BCUT2D eigenvalue weighted by molar-refractivity contribution is -0.385. The number of nitro groups is 2. The molecule has 28 heavy (non-hydrogen) atoms. The molecule has 0 bridgehead atoms. The molecule has 0 saturated carbocycles. The summed E-state index contributed by atoms with van der Waals surface area (Å²) in [5.41, 5.74) is 3.70. The van der Waals surface area contributed by atoms with Crippen LogP contribution < -0.4 is 10.9 Å². The molecule has 2 N–H and O–H groups in total. The van der Waals surface area contributed by atoms with Gasteiger partial charge in [0, 0.05) is 24.3 Å². The fourth-order valence-electron chi connectivity index (χ4n) is 2.41. The molecular weight excluding hydrogens is 364 g/mol. The van der Waals surface area contributed by atoms with Crippen LogP contribution in [0.15, 0.2) is 48.5 Å². The third-order valence-corrected chi connectivity index (χ3v) is 4.32. The standard InChI is InChI=1S/C18H16N6O4/c1-17(11-19,13-3-7-15(8-4-13)23(25)26)21-22-18(2,12-20)14-5-9-16(10-6-14)24(27)28/h3-10,21-22H,1-2H3/t17-,18+. The minimum absolute atomic E-state index is 0.107. The number of hydrazine groups is 1. The van der Waals surface area contributed by atoms with Crippen LogP contribution in [-0.4, -0.2) is 9.85 Å². The van der Waals surface area contributed by atoms with Crippen molar-refractivity contribution in [1.29, 1.82) is 10.5 Å². The van der Waals surface area contributed by atoms with Gasteiger partial charge in [0.2, 0.25) is 0 Å². The Morgan fingerprint density at radius 3 is 1.25 bits per heavy atom. The molecule has 0 aliphatic carbocycles. The zero-order chi connectivity index (χ0) is 20.9. The number of non-ortho nitro benzene ring substituents is 2. The maximum atomic E-state index is 10.8. The van der Waals surface area contributed by atoms with Gasteiger partial charge in [-0.1, -0.05) is 0 Å². The Morgan fingerprint density at radius 1 is 0.750 bits per heavy atom. The first-order valence-electron chi connectivity index (χ1n) is 8.02. The predicted octanol–water partition coefficient (Wildman–Crippen LogP) is 2.77. The molecule has 0 radical (unpaired) electrons. The van der Waals surface area contributed by atoms with E-state index in [1.54, 1.807) is 13.8 Å². The summed E-state index contributed by atoms with van der Waals surface area (Å²) in [6.07, 6.45) is 0. The van der Waals surface area contributed by atoms with Gasteiger partial charge in [-0.25, -0.2) is 10.9 Å². The number of nitrogens with one attached hydrogen (secondary N) is 2. The molecule has 0 saturated heterocycles. The third kappa shape index (κ3) is 4.10. The average Bonchev–Trinajstić information content (AvgIpc) is 2.71. The van der Waals surface area contributed by atoms with E-state index in [0.29, 0.717) is 11.1 Å². The Kier molecular flexibility index (Phi) is 5.70. The second kappa shape index (κ2) is 7.80. The molecule has 10 nitrogen and oxygen atoms in total. The smallest absolute Gasteiger partial charge is 0.258 e. The quantitative estimate of drug-likeness (QED) is 0.548. The molecule has 0 aromatic heterocycles. The van der Waals surface area contributed by atoms with Crippen molar-refractivity contribution in [1.82, 2.24) is 10.9 Å². The topological polar surface area (TPSA) is 158 Å². The van der Waals surface area contributed by atoms with E-state index in [-0.39, 0.29) is 11.4 Å². The van der Waals surface area contributed by atoms with E-state index < -0.39 is 20.9 Å². The van der Waals surface area contributed by atoms with Gasteiger partial charge in [0.05, 0.1) is 22.0 Å². The normalized spacial score (nSPS) is 14.7. The zero-order valence-corrected chi connectivity index (χ0v) is 15.0. The summed E-state index contributed by atoms with van der Waals surface area (Å²) in [5.74, 6) is 0.